The second kappa shape index (κ2) is 14.2. The monoisotopic (exact) mass is 282 g/mol. The van der Waals surface area contributed by atoms with Crippen molar-refractivity contribution in [1.29, 1.82) is 0 Å². The average Bonchev–Trinajstić information content (AvgIpc) is 2.47. The third kappa shape index (κ3) is 9.69. The summed E-state index contributed by atoms with van der Waals surface area (Å²) in [7, 11) is 0. The molecule has 0 aliphatic heterocycles. The molecule has 4 heteroatoms. The van der Waals surface area contributed by atoms with Gasteiger partial charge in [-0.1, -0.05) is 24.3 Å². The van der Waals surface area contributed by atoms with E-state index in [0.717, 1.165) is 0 Å². The first-order chi connectivity index (χ1) is 9.79. The number of hydrogen-bond acceptors (Lipinski definition) is 4. The van der Waals surface area contributed by atoms with E-state index in [2.05, 4.69) is 26.3 Å². The van der Waals surface area contributed by atoms with Crippen LogP contribution in [0.2, 0.25) is 0 Å². The molecule has 0 radical (unpaired) electrons. The predicted molar refractivity (Wildman–Crippen MR) is 81.9 cm³/mol. The van der Waals surface area contributed by atoms with Crippen molar-refractivity contribution in [3.63, 3.8) is 0 Å². The lowest BCUT2D eigenvalue weighted by Crippen LogP contribution is -2.39. The van der Waals surface area contributed by atoms with Crippen molar-refractivity contribution in [3.05, 3.63) is 50.6 Å². The predicted octanol–water partition coefficient (Wildman–Crippen LogP) is 2.53. The van der Waals surface area contributed by atoms with Gasteiger partial charge >= 0.3 is 0 Å². The Kier molecular flexibility index (Phi) is 13.4. The molecule has 0 bridgehead atoms. The normalized spacial score (nSPS) is 13.4. The summed E-state index contributed by atoms with van der Waals surface area (Å²) in [6, 6.07) is 0. The summed E-state index contributed by atoms with van der Waals surface area (Å²) in [6.45, 7) is 17.1. The first kappa shape index (κ1) is 18.8. The van der Waals surface area contributed by atoms with Crippen LogP contribution in [0.25, 0.3) is 0 Å². The molecule has 0 amide bonds. The maximum absolute atomic E-state index is 5.69. The zero-order valence-electron chi connectivity index (χ0n) is 12.2. The molecular formula is C16H26O4. The molecule has 0 rings (SSSR count). The zero-order valence-corrected chi connectivity index (χ0v) is 12.2. The number of hydrogen-bond donors (Lipinski definition) is 0. The molecule has 20 heavy (non-hydrogen) atoms. The second-order valence-electron chi connectivity index (χ2n) is 3.97. The van der Waals surface area contributed by atoms with E-state index in [-0.39, 0.29) is 12.2 Å². The Labute approximate surface area is 122 Å². The highest BCUT2D eigenvalue weighted by atomic mass is 16.6. The highest BCUT2D eigenvalue weighted by Gasteiger charge is 2.23. The van der Waals surface area contributed by atoms with E-state index < -0.39 is 0 Å². The van der Waals surface area contributed by atoms with E-state index in [9.17, 15) is 0 Å². The highest BCUT2D eigenvalue weighted by molar-refractivity contribution is 4.77. The molecule has 0 saturated heterocycles. The lowest BCUT2D eigenvalue weighted by atomic mass is 10.2. The van der Waals surface area contributed by atoms with Crippen LogP contribution in [-0.2, 0) is 18.9 Å². The quantitative estimate of drug-likeness (QED) is 0.342. The van der Waals surface area contributed by atoms with Gasteiger partial charge in [-0.2, -0.15) is 0 Å². The van der Waals surface area contributed by atoms with Crippen LogP contribution in [0.1, 0.15) is 0 Å². The SMILES string of the molecule is C=CCOC[C@H](OCC=C)[C@@H](COCC=C)OCC=C. The molecule has 0 aromatic rings. The molecule has 2 atom stereocenters. The summed E-state index contributed by atoms with van der Waals surface area (Å²) < 4.78 is 22.3. The molecular weight excluding hydrogens is 256 g/mol. The molecule has 0 aliphatic carbocycles. The Morgan fingerprint density at radius 2 is 0.950 bits per heavy atom. The molecule has 0 saturated carbocycles. The molecule has 0 aliphatic rings. The summed E-state index contributed by atoms with van der Waals surface area (Å²) in [5.41, 5.74) is 0. The average molecular weight is 282 g/mol. The summed E-state index contributed by atoms with van der Waals surface area (Å²) >= 11 is 0. The fraction of sp³-hybridized carbons (Fsp3) is 0.500. The van der Waals surface area contributed by atoms with Crippen LogP contribution in [0, 0.1) is 0 Å². The van der Waals surface area contributed by atoms with Crippen LogP contribution in [0.4, 0.5) is 0 Å². The van der Waals surface area contributed by atoms with Gasteiger partial charge in [0.1, 0.15) is 12.2 Å². The van der Waals surface area contributed by atoms with Crippen LogP contribution in [0.5, 0.6) is 0 Å². The van der Waals surface area contributed by atoms with E-state index >= 15 is 0 Å². The Morgan fingerprint density at radius 1 is 0.600 bits per heavy atom. The number of ether oxygens (including phenoxy) is 4. The Bertz CT molecular complexity index is 248. The lowest BCUT2D eigenvalue weighted by Gasteiger charge is -2.26. The zero-order chi connectivity index (χ0) is 15.1. The minimum Gasteiger partial charge on any atom is -0.375 e. The first-order valence-corrected chi connectivity index (χ1v) is 6.62. The van der Waals surface area contributed by atoms with Gasteiger partial charge in [-0.25, -0.2) is 0 Å². The van der Waals surface area contributed by atoms with Gasteiger partial charge in [0, 0.05) is 0 Å². The van der Waals surface area contributed by atoms with Crippen molar-refractivity contribution < 1.29 is 18.9 Å². The van der Waals surface area contributed by atoms with E-state index in [0.29, 0.717) is 39.6 Å². The maximum atomic E-state index is 5.69. The molecule has 0 unspecified atom stereocenters. The van der Waals surface area contributed by atoms with Gasteiger partial charge in [-0.15, -0.1) is 26.3 Å². The van der Waals surface area contributed by atoms with Crippen molar-refractivity contribution in [1.82, 2.24) is 0 Å². The van der Waals surface area contributed by atoms with Gasteiger partial charge in [-0.3, -0.25) is 0 Å². The molecule has 0 aromatic heterocycles. The van der Waals surface area contributed by atoms with Crippen LogP contribution in [0.15, 0.2) is 50.6 Å². The summed E-state index contributed by atoms with van der Waals surface area (Å²) in [5, 5.41) is 0. The first-order valence-electron chi connectivity index (χ1n) is 6.62. The largest absolute Gasteiger partial charge is 0.375 e. The highest BCUT2D eigenvalue weighted by Crippen LogP contribution is 2.08. The van der Waals surface area contributed by atoms with Crippen LogP contribution in [-0.4, -0.2) is 51.8 Å². The van der Waals surface area contributed by atoms with Gasteiger partial charge in [0.15, 0.2) is 0 Å². The molecule has 114 valence electrons. The molecule has 0 spiro atoms. The topological polar surface area (TPSA) is 36.9 Å². The Balaban J connectivity index is 4.46. The lowest BCUT2D eigenvalue weighted by molar-refractivity contribution is -0.113. The molecule has 0 aromatic carbocycles. The van der Waals surface area contributed by atoms with Gasteiger partial charge in [0.25, 0.3) is 0 Å². The third-order valence-electron chi connectivity index (χ3n) is 2.31. The molecule has 0 fully saturated rings. The fourth-order valence-electron chi connectivity index (χ4n) is 1.44. The van der Waals surface area contributed by atoms with Gasteiger partial charge in [0.05, 0.1) is 39.6 Å². The number of rotatable bonds is 15. The summed E-state index contributed by atoms with van der Waals surface area (Å²) in [6.07, 6.45) is 6.29. The minimum atomic E-state index is -0.238. The molecule has 4 nitrogen and oxygen atoms in total. The maximum Gasteiger partial charge on any atom is 0.110 e. The van der Waals surface area contributed by atoms with Crippen LogP contribution >= 0.6 is 0 Å². The van der Waals surface area contributed by atoms with Crippen molar-refractivity contribution in [2.75, 3.05) is 39.6 Å². The summed E-state index contributed by atoms with van der Waals surface area (Å²) in [5.74, 6) is 0. The van der Waals surface area contributed by atoms with E-state index in [1.165, 1.54) is 0 Å². The van der Waals surface area contributed by atoms with Crippen LogP contribution < -0.4 is 0 Å². The van der Waals surface area contributed by atoms with Crippen molar-refractivity contribution in [2.24, 2.45) is 0 Å². The standard InChI is InChI=1S/C16H26O4/c1-5-9-17-13-15(19-11-7-3)16(20-12-8-4)14-18-10-6-2/h5-8,15-16H,1-4,9-14H2/t15-,16+. The molecule has 0 N–H and O–H groups in total. The molecule has 0 heterocycles. The second-order valence-corrected chi connectivity index (χ2v) is 3.97. The smallest absolute Gasteiger partial charge is 0.110 e. The van der Waals surface area contributed by atoms with E-state index in [1.54, 1.807) is 24.3 Å². The Hall–Kier alpha value is -1.20. The minimum absolute atomic E-state index is 0.238. The Morgan fingerprint density at radius 3 is 1.25 bits per heavy atom. The van der Waals surface area contributed by atoms with E-state index in [1.807, 2.05) is 0 Å². The van der Waals surface area contributed by atoms with E-state index in [4.69, 9.17) is 18.9 Å². The van der Waals surface area contributed by atoms with Gasteiger partial charge in [-0.05, 0) is 0 Å². The fourth-order valence-corrected chi connectivity index (χ4v) is 1.44. The van der Waals surface area contributed by atoms with Crippen molar-refractivity contribution >= 4 is 0 Å². The summed E-state index contributed by atoms with van der Waals surface area (Å²) in [4.78, 5) is 0. The van der Waals surface area contributed by atoms with Gasteiger partial charge < -0.3 is 18.9 Å². The van der Waals surface area contributed by atoms with Crippen LogP contribution in [0.3, 0.4) is 0 Å². The van der Waals surface area contributed by atoms with Gasteiger partial charge in [0.2, 0.25) is 0 Å². The van der Waals surface area contributed by atoms with Crippen molar-refractivity contribution in [3.8, 4) is 0 Å². The third-order valence-corrected chi connectivity index (χ3v) is 2.31. The van der Waals surface area contributed by atoms with Crippen molar-refractivity contribution in [2.45, 2.75) is 12.2 Å².